The van der Waals surface area contributed by atoms with Crippen molar-refractivity contribution >= 4 is 0 Å². The Morgan fingerprint density at radius 1 is 2.00 bits per heavy atom. The highest BCUT2D eigenvalue weighted by Gasteiger charge is 1.68. The molecule has 0 bridgehead atoms. The lowest BCUT2D eigenvalue weighted by Crippen LogP contribution is -1.45. The van der Waals surface area contributed by atoms with Crippen molar-refractivity contribution in [3.63, 3.8) is 0 Å². The molecule has 0 aromatic rings. The Bertz CT molecular complexity index is 29.0. The summed E-state index contributed by atoms with van der Waals surface area (Å²) >= 11 is 0. The van der Waals surface area contributed by atoms with Crippen molar-refractivity contribution in [1.82, 2.24) is 0 Å². The summed E-state index contributed by atoms with van der Waals surface area (Å²) in [7, 11) is 0. The SMILES string of the molecule is C=C([O])F. The van der Waals surface area contributed by atoms with Crippen LogP contribution in [0.1, 0.15) is 0 Å². The van der Waals surface area contributed by atoms with Crippen molar-refractivity contribution in [2.24, 2.45) is 0 Å². The third-order valence-electron chi connectivity index (χ3n) is 0. The Kier molecular flexibility index (Phi) is 0.759. The van der Waals surface area contributed by atoms with Crippen LogP contribution in [0.3, 0.4) is 0 Å². The van der Waals surface area contributed by atoms with E-state index in [1.54, 1.807) is 0 Å². The first kappa shape index (κ1) is 3.47. The summed E-state index contributed by atoms with van der Waals surface area (Å²) in [5.74, 6) is 0. The van der Waals surface area contributed by atoms with E-state index in [4.69, 9.17) is 5.11 Å². The summed E-state index contributed by atoms with van der Waals surface area (Å²) < 4.78 is 10.2. The molecule has 0 aliphatic carbocycles. The topological polar surface area (TPSA) is 19.9 Å². The maximum atomic E-state index is 10.2. The molecule has 0 N–H and O–H groups in total. The Hall–Kier alpha value is -0.530. The van der Waals surface area contributed by atoms with E-state index in [0.717, 1.165) is 0 Å². The first-order chi connectivity index (χ1) is 1.73. The van der Waals surface area contributed by atoms with Crippen molar-refractivity contribution in [1.29, 1.82) is 0 Å². The number of hydrogen-bond donors (Lipinski definition) is 0. The van der Waals surface area contributed by atoms with E-state index >= 15 is 0 Å². The first-order valence-electron chi connectivity index (χ1n) is 0.747. The summed E-state index contributed by atoms with van der Waals surface area (Å²) in [6.07, 6.45) is 0. The minimum Gasteiger partial charge on any atom is -0.257 e. The van der Waals surface area contributed by atoms with Gasteiger partial charge in [-0.1, -0.05) is 0 Å². The number of hydrogen-bond acceptors (Lipinski definition) is 0. The lowest BCUT2D eigenvalue weighted by molar-refractivity contribution is 0.202. The summed E-state index contributed by atoms with van der Waals surface area (Å²) in [6.45, 7) is 2.33. The smallest absolute Gasteiger partial charge is 0.257 e. The van der Waals surface area contributed by atoms with Crippen LogP contribution in [-0.2, 0) is 5.11 Å². The third kappa shape index (κ3) is 1.16. The molecular weight excluding hydrogens is 59.0 g/mol. The van der Waals surface area contributed by atoms with Crippen LogP contribution in [0.25, 0.3) is 0 Å². The highest BCUT2D eigenvalue weighted by Crippen LogP contribution is 1.75. The molecule has 0 heterocycles. The van der Waals surface area contributed by atoms with Crippen LogP contribution in [0.4, 0.5) is 4.39 Å². The molecule has 2 heteroatoms. The third-order valence-corrected chi connectivity index (χ3v) is 0. The fraction of sp³-hybridized carbons (Fsp3) is 0. The zero-order chi connectivity index (χ0) is 3.58. The summed E-state index contributed by atoms with van der Waals surface area (Å²) in [5, 5.41) is 8.67. The van der Waals surface area contributed by atoms with Gasteiger partial charge in [0.25, 0.3) is 0 Å². The Morgan fingerprint density at radius 3 is 2.00 bits per heavy atom. The average molecular weight is 61.0 g/mol. The van der Waals surface area contributed by atoms with Gasteiger partial charge in [0.05, 0.1) is 0 Å². The van der Waals surface area contributed by atoms with E-state index < -0.39 is 6.01 Å². The quantitative estimate of drug-likeness (QED) is 0.370. The van der Waals surface area contributed by atoms with Gasteiger partial charge in [0.2, 0.25) is 0 Å². The summed E-state index contributed by atoms with van der Waals surface area (Å²) in [5.41, 5.74) is 0. The van der Waals surface area contributed by atoms with Gasteiger partial charge in [-0.25, -0.2) is 0 Å². The Balaban J connectivity index is 2.80. The zero-order valence-electron chi connectivity index (χ0n) is 1.99. The maximum absolute atomic E-state index is 10.2. The molecule has 4 heavy (non-hydrogen) atoms. The van der Waals surface area contributed by atoms with Crippen molar-refractivity contribution in [2.45, 2.75) is 0 Å². The normalized spacial score (nSPS) is 6.25. The van der Waals surface area contributed by atoms with Crippen LogP contribution >= 0.6 is 0 Å². The van der Waals surface area contributed by atoms with E-state index in [9.17, 15) is 4.39 Å². The summed E-state index contributed by atoms with van der Waals surface area (Å²) in [6, 6.07) is -1.58. The highest BCUT2D eigenvalue weighted by molar-refractivity contribution is 4.55. The van der Waals surface area contributed by atoms with Crippen molar-refractivity contribution in [3.05, 3.63) is 12.6 Å². The van der Waals surface area contributed by atoms with Gasteiger partial charge < -0.3 is 0 Å². The van der Waals surface area contributed by atoms with E-state index in [1.807, 2.05) is 0 Å². The molecule has 0 amide bonds. The standard InChI is InChI=1S/C2H2FO/c1-2(3)4/h1H2. The van der Waals surface area contributed by atoms with Gasteiger partial charge >= 0.3 is 6.01 Å². The van der Waals surface area contributed by atoms with Gasteiger partial charge in [-0.15, -0.1) is 0 Å². The molecule has 0 spiro atoms. The molecule has 0 aromatic heterocycles. The number of halogens is 1. The predicted molar refractivity (Wildman–Crippen MR) is 10.9 cm³/mol. The molecule has 0 aromatic carbocycles. The molecule has 0 saturated heterocycles. The number of rotatable bonds is 0. The lowest BCUT2D eigenvalue weighted by atomic mass is 11.1. The maximum Gasteiger partial charge on any atom is 0.317 e. The average Bonchev–Trinajstić information content (AvgIpc) is 0.811. The van der Waals surface area contributed by atoms with Gasteiger partial charge in [0.15, 0.2) is 0 Å². The molecule has 0 saturated carbocycles. The molecule has 23 valence electrons. The van der Waals surface area contributed by atoms with Gasteiger partial charge in [0.1, 0.15) is 0 Å². The van der Waals surface area contributed by atoms with Crippen LogP contribution < -0.4 is 0 Å². The minimum atomic E-state index is -1.58. The first-order valence-corrected chi connectivity index (χ1v) is 0.747. The molecule has 1 radical (unpaired) electrons. The second-order valence-electron chi connectivity index (χ2n) is 0.355. The van der Waals surface area contributed by atoms with Crippen LogP contribution in [0.2, 0.25) is 0 Å². The van der Waals surface area contributed by atoms with Crippen LogP contribution in [0.5, 0.6) is 0 Å². The van der Waals surface area contributed by atoms with Gasteiger partial charge in [-0.2, -0.15) is 4.39 Å². The van der Waals surface area contributed by atoms with Crippen molar-refractivity contribution in [2.75, 3.05) is 0 Å². The second kappa shape index (κ2) is 0.875. The van der Waals surface area contributed by atoms with Crippen LogP contribution in [-0.4, -0.2) is 0 Å². The van der Waals surface area contributed by atoms with Crippen molar-refractivity contribution < 1.29 is 9.50 Å². The summed E-state index contributed by atoms with van der Waals surface area (Å²) in [4.78, 5) is 0. The molecule has 0 unspecified atom stereocenters. The van der Waals surface area contributed by atoms with Gasteiger partial charge in [-0.3, -0.25) is 5.11 Å². The molecule has 0 atom stereocenters. The van der Waals surface area contributed by atoms with Crippen molar-refractivity contribution in [3.8, 4) is 0 Å². The Morgan fingerprint density at radius 2 is 2.00 bits per heavy atom. The van der Waals surface area contributed by atoms with Crippen LogP contribution in [0.15, 0.2) is 12.6 Å². The largest absolute Gasteiger partial charge is 0.317 e. The van der Waals surface area contributed by atoms with E-state index in [2.05, 4.69) is 6.58 Å². The molecule has 0 fully saturated rings. The second-order valence-corrected chi connectivity index (χ2v) is 0.355. The molecule has 0 aliphatic rings. The predicted octanol–water partition coefficient (Wildman–Crippen LogP) is 0.858. The fourth-order valence-corrected chi connectivity index (χ4v) is 0. The van der Waals surface area contributed by atoms with Gasteiger partial charge in [0, 0.05) is 0 Å². The minimum absolute atomic E-state index is 1.58. The van der Waals surface area contributed by atoms with E-state index in [1.165, 1.54) is 0 Å². The highest BCUT2D eigenvalue weighted by atomic mass is 19.1. The molecule has 0 rings (SSSR count). The Labute approximate surface area is 23.4 Å². The molecule has 1 nitrogen and oxygen atoms in total. The monoisotopic (exact) mass is 61.0 g/mol. The van der Waals surface area contributed by atoms with Gasteiger partial charge in [-0.05, 0) is 6.58 Å². The van der Waals surface area contributed by atoms with Crippen LogP contribution in [0, 0.1) is 0 Å². The lowest BCUT2D eigenvalue weighted by Gasteiger charge is -1.53. The molecule has 0 aliphatic heterocycles. The molecular formula is C2H2FO. The zero-order valence-corrected chi connectivity index (χ0v) is 1.99. The van der Waals surface area contributed by atoms with E-state index in [-0.39, 0.29) is 0 Å². The van der Waals surface area contributed by atoms with E-state index in [0.29, 0.717) is 0 Å². The fourth-order valence-electron chi connectivity index (χ4n) is 0.